The van der Waals surface area contributed by atoms with E-state index >= 15 is 0 Å². The molecule has 0 aliphatic heterocycles. The maximum atomic E-state index is 12.8. The van der Waals surface area contributed by atoms with Gasteiger partial charge in [-0.25, -0.2) is 4.98 Å². The summed E-state index contributed by atoms with van der Waals surface area (Å²) in [5.74, 6) is -0.536. The van der Waals surface area contributed by atoms with E-state index in [9.17, 15) is 14.4 Å². The lowest BCUT2D eigenvalue weighted by Gasteiger charge is -2.12. The van der Waals surface area contributed by atoms with Crippen LogP contribution in [0.1, 0.15) is 38.9 Å². The Labute approximate surface area is 162 Å². The van der Waals surface area contributed by atoms with Gasteiger partial charge in [-0.1, -0.05) is 6.07 Å². The molecule has 0 unspecified atom stereocenters. The van der Waals surface area contributed by atoms with E-state index < -0.39 is 0 Å². The predicted molar refractivity (Wildman–Crippen MR) is 109 cm³/mol. The van der Waals surface area contributed by atoms with Crippen molar-refractivity contribution in [2.24, 2.45) is 0 Å². The fourth-order valence-electron chi connectivity index (χ4n) is 3.07. The fourth-order valence-corrected chi connectivity index (χ4v) is 3.07. The van der Waals surface area contributed by atoms with Gasteiger partial charge in [0.05, 0.1) is 11.0 Å². The molecule has 28 heavy (non-hydrogen) atoms. The van der Waals surface area contributed by atoms with Gasteiger partial charge in [-0.3, -0.25) is 14.4 Å². The first-order valence-electron chi connectivity index (χ1n) is 9.01. The summed E-state index contributed by atoms with van der Waals surface area (Å²) in [6.07, 6.45) is 0. The lowest BCUT2D eigenvalue weighted by molar-refractivity contribution is 0.0961. The molecule has 0 bridgehead atoms. The molecule has 144 valence electrons. The largest absolute Gasteiger partial charge is 0.355 e. The number of anilines is 1. The normalized spacial score (nSPS) is 10.7. The molecule has 1 heterocycles. The number of carbonyl (C=O) groups is 2. The highest BCUT2D eigenvalue weighted by Gasteiger charge is 2.13. The van der Waals surface area contributed by atoms with Gasteiger partial charge < -0.3 is 15.2 Å². The number of aromatic nitrogens is 2. The molecular formula is C21H22N4O3. The van der Waals surface area contributed by atoms with Gasteiger partial charge in [0.15, 0.2) is 0 Å². The van der Waals surface area contributed by atoms with Gasteiger partial charge in [0.25, 0.3) is 17.4 Å². The quantitative estimate of drug-likeness (QED) is 0.730. The van der Waals surface area contributed by atoms with Crippen molar-refractivity contribution < 1.29 is 9.59 Å². The first kappa shape index (κ1) is 19.3. The highest BCUT2D eigenvalue weighted by molar-refractivity contribution is 6.07. The Morgan fingerprint density at radius 2 is 1.71 bits per heavy atom. The van der Waals surface area contributed by atoms with Gasteiger partial charge in [-0.2, -0.15) is 0 Å². The summed E-state index contributed by atoms with van der Waals surface area (Å²) in [4.78, 5) is 41.1. The Morgan fingerprint density at radius 3 is 2.39 bits per heavy atom. The molecule has 7 heteroatoms. The molecule has 0 fully saturated rings. The summed E-state index contributed by atoms with van der Waals surface area (Å²) in [7, 11) is 1.56. The van der Waals surface area contributed by atoms with Crippen molar-refractivity contribution in [2.75, 3.05) is 12.4 Å². The molecule has 0 aliphatic carbocycles. The first-order chi connectivity index (χ1) is 13.3. The molecule has 0 atom stereocenters. The van der Waals surface area contributed by atoms with Crippen LogP contribution in [0.15, 0.2) is 41.2 Å². The lowest BCUT2D eigenvalue weighted by atomic mass is 10.1. The molecular weight excluding hydrogens is 356 g/mol. The number of hydrogen-bond donors (Lipinski definition) is 2. The average Bonchev–Trinajstić information content (AvgIpc) is 2.69. The van der Waals surface area contributed by atoms with Gasteiger partial charge >= 0.3 is 0 Å². The van der Waals surface area contributed by atoms with Gasteiger partial charge in [-0.05, 0) is 56.7 Å². The third kappa shape index (κ3) is 3.51. The summed E-state index contributed by atoms with van der Waals surface area (Å²) < 4.78 is 1.64. The zero-order chi connectivity index (χ0) is 20.4. The number of amides is 2. The van der Waals surface area contributed by atoms with E-state index in [1.165, 1.54) is 0 Å². The van der Waals surface area contributed by atoms with E-state index in [0.717, 1.165) is 5.56 Å². The molecule has 3 aromatic rings. The number of rotatable bonds is 4. The summed E-state index contributed by atoms with van der Waals surface area (Å²) in [6.45, 7) is 5.93. The molecule has 0 radical (unpaired) electrons. The van der Waals surface area contributed by atoms with Gasteiger partial charge in [0, 0.05) is 30.4 Å². The second kappa shape index (κ2) is 7.64. The van der Waals surface area contributed by atoms with Crippen LogP contribution in [0, 0.1) is 13.8 Å². The van der Waals surface area contributed by atoms with Crippen molar-refractivity contribution in [3.05, 3.63) is 69.1 Å². The van der Waals surface area contributed by atoms with E-state index in [2.05, 4.69) is 15.6 Å². The third-order valence-electron chi connectivity index (χ3n) is 4.66. The summed E-state index contributed by atoms with van der Waals surface area (Å²) in [6, 6.07) is 10.2. The second-order valence-electron chi connectivity index (χ2n) is 6.51. The Kier molecular flexibility index (Phi) is 5.26. The minimum atomic E-state index is -0.312. The second-order valence-corrected chi connectivity index (χ2v) is 6.51. The van der Waals surface area contributed by atoms with Crippen molar-refractivity contribution in [2.45, 2.75) is 27.3 Å². The number of fused-ring (bicyclic) bond motifs is 1. The van der Waals surface area contributed by atoms with Crippen molar-refractivity contribution in [1.29, 1.82) is 0 Å². The Balaban J connectivity index is 1.97. The molecule has 2 aromatic carbocycles. The van der Waals surface area contributed by atoms with Crippen molar-refractivity contribution >= 4 is 28.5 Å². The molecule has 0 aliphatic rings. The van der Waals surface area contributed by atoms with E-state index in [1.54, 1.807) is 54.9 Å². The van der Waals surface area contributed by atoms with Crippen LogP contribution in [0.5, 0.6) is 0 Å². The molecule has 2 N–H and O–H groups in total. The van der Waals surface area contributed by atoms with Crippen LogP contribution in [-0.2, 0) is 6.54 Å². The van der Waals surface area contributed by atoms with Gasteiger partial charge in [-0.15, -0.1) is 0 Å². The van der Waals surface area contributed by atoms with Crippen LogP contribution in [0.2, 0.25) is 0 Å². The van der Waals surface area contributed by atoms with Crippen LogP contribution in [0.25, 0.3) is 11.0 Å². The number of carbonyl (C=O) groups excluding carboxylic acids is 2. The molecule has 2 amide bonds. The van der Waals surface area contributed by atoms with Crippen LogP contribution in [0.4, 0.5) is 5.69 Å². The Morgan fingerprint density at radius 1 is 1.04 bits per heavy atom. The van der Waals surface area contributed by atoms with E-state index in [0.29, 0.717) is 40.1 Å². The molecule has 0 spiro atoms. The molecule has 1 aromatic heterocycles. The SMILES string of the molecule is CCn1c(=O)c(C)nc2cc(C(=O)Nc3cc(C(=O)NC)ccc3C)ccc21. The lowest BCUT2D eigenvalue weighted by Crippen LogP contribution is -2.23. The van der Waals surface area contributed by atoms with Crippen LogP contribution < -0.4 is 16.2 Å². The number of hydrogen-bond acceptors (Lipinski definition) is 4. The maximum absolute atomic E-state index is 12.8. The highest BCUT2D eigenvalue weighted by Crippen LogP contribution is 2.19. The zero-order valence-electron chi connectivity index (χ0n) is 16.3. The fraction of sp³-hybridized carbons (Fsp3) is 0.238. The van der Waals surface area contributed by atoms with E-state index in [4.69, 9.17) is 0 Å². The minimum Gasteiger partial charge on any atom is -0.355 e. The summed E-state index contributed by atoms with van der Waals surface area (Å²) in [5, 5.41) is 5.42. The highest BCUT2D eigenvalue weighted by atomic mass is 16.2. The topological polar surface area (TPSA) is 93.1 Å². The first-order valence-corrected chi connectivity index (χ1v) is 9.01. The van der Waals surface area contributed by atoms with Crippen molar-refractivity contribution in [1.82, 2.24) is 14.9 Å². The van der Waals surface area contributed by atoms with Gasteiger partial charge in [0.1, 0.15) is 5.69 Å². The summed E-state index contributed by atoms with van der Waals surface area (Å²) in [5.41, 5.74) is 3.82. The zero-order valence-corrected chi connectivity index (χ0v) is 16.3. The van der Waals surface area contributed by atoms with Crippen molar-refractivity contribution in [3.63, 3.8) is 0 Å². The predicted octanol–water partition coefficient (Wildman–Crippen LogP) is 2.65. The molecule has 0 saturated heterocycles. The Bertz CT molecular complexity index is 1150. The smallest absolute Gasteiger partial charge is 0.272 e. The summed E-state index contributed by atoms with van der Waals surface area (Å²) >= 11 is 0. The number of benzene rings is 2. The molecule has 3 rings (SSSR count). The molecule has 7 nitrogen and oxygen atoms in total. The number of nitrogens with zero attached hydrogens (tertiary/aromatic N) is 2. The van der Waals surface area contributed by atoms with E-state index in [-0.39, 0.29) is 17.4 Å². The maximum Gasteiger partial charge on any atom is 0.272 e. The van der Waals surface area contributed by atoms with Crippen molar-refractivity contribution in [3.8, 4) is 0 Å². The third-order valence-corrected chi connectivity index (χ3v) is 4.66. The van der Waals surface area contributed by atoms with Gasteiger partial charge in [0.2, 0.25) is 0 Å². The van der Waals surface area contributed by atoms with Crippen LogP contribution in [0.3, 0.4) is 0 Å². The average molecular weight is 378 g/mol. The standard InChI is InChI=1S/C21H22N4O3/c1-5-25-18-9-8-15(11-17(18)23-13(3)21(25)28)20(27)24-16-10-14(19(26)22-4)7-6-12(16)2/h6-11H,5H2,1-4H3,(H,22,26)(H,24,27). The van der Waals surface area contributed by atoms with Crippen LogP contribution in [-0.4, -0.2) is 28.4 Å². The minimum absolute atomic E-state index is 0.131. The van der Waals surface area contributed by atoms with E-state index in [1.807, 2.05) is 13.8 Å². The van der Waals surface area contributed by atoms with Crippen LogP contribution >= 0.6 is 0 Å². The number of nitrogens with one attached hydrogen (secondary N) is 2. The monoisotopic (exact) mass is 378 g/mol. The Hall–Kier alpha value is -3.48. The number of aryl methyl sites for hydroxylation is 3. The molecule has 0 saturated carbocycles.